The fourth-order valence-corrected chi connectivity index (χ4v) is 1.96. The van der Waals surface area contributed by atoms with Crippen molar-refractivity contribution in [1.82, 2.24) is 0 Å². The summed E-state index contributed by atoms with van der Waals surface area (Å²) in [7, 11) is 0. The van der Waals surface area contributed by atoms with Gasteiger partial charge in [0.05, 0.1) is 16.6 Å². The van der Waals surface area contributed by atoms with Gasteiger partial charge in [-0.15, -0.1) is 0 Å². The highest BCUT2D eigenvalue weighted by atomic mass is 16.6. The average Bonchev–Trinajstić information content (AvgIpc) is 2.57. The van der Waals surface area contributed by atoms with Gasteiger partial charge in [-0.3, -0.25) is 14.9 Å². The summed E-state index contributed by atoms with van der Waals surface area (Å²) in [5, 5.41) is 21.2. The molecule has 0 bridgehead atoms. The van der Waals surface area contributed by atoms with Crippen LogP contribution in [0.15, 0.2) is 73.0 Å². The molecule has 0 unspecified atom stereocenters. The molecular weight excluding hydrogens is 292 g/mol. The Kier molecular flexibility index (Phi) is 4.48. The summed E-state index contributed by atoms with van der Waals surface area (Å²) in [6.45, 7) is 6.77. The molecule has 5 heteroatoms. The number of nitro groups is 1. The lowest BCUT2D eigenvalue weighted by molar-refractivity contribution is -0.419. The van der Waals surface area contributed by atoms with E-state index < -0.39 is 4.92 Å². The van der Waals surface area contributed by atoms with Crippen molar-refractivity contribution in [2.24, 2.45) is 0 Å². The van der Waals surface area contributed by atoms with E-state index in [9.17, 15) is 14.9 Å². The summed E-state index contributed by atoms with van der Waals surface area (Å²) in [5.74, 6) is -0.313. The molecular formula is C18H12N2O3. The van der Waals surface area contributed by atoms with E-state index in [-0.39, 0.29) is 17.1 Å². The predicted octanol–water partition coefficient (Wildman–Crippen LogP) is 3.80. The predicted molar refractivity (Wildman–Crippen MR) is 87.4 cm³/mol. The van der Waals surface area contributed by atoms with Crippen molar-refractivity contribution in [2.75, 3.05) is 0 Å². The number of hydrogen-bond acceptors (Lipinski definition) is 4. The third kappa shape index (κ3) is 3.57. The lowest BCUT2D eigenvalue weighted by Crippen LogP contribution is -1.99. The third-order valence-corrected chi connectivity index (χ3v) is 3.28. The molecule has 2 aromatic carbocycles. The van der Waals surface area contributed by atoms with Crippen molar-refractivity contribution in [3.63, 3.8) is 0 Å². The number of hydrogen-bond donors (Lipinski definition) is 0. The highest BCUT2D eigenvalue weighted by molar-refractivity contribution is 6.07. The Labute approximate surface area is 132 Å². The van der Waals surface area contributed by atoms with Gasteiger partial charge in [-0.25, -0.2) is 0 Å². The van der Waals surface area contributed by atoms with Crippen molar-refractivity contribution in [2.45, 2.75) is 0 Å². The topological polar surface area (TPSA) is 84.0 Å². The monoisotopic (exact) mass is 304 g/mol. The maximum atomic E-state index is 12.1. The maximum Gasteiger partial charge on any atom is 0.268 e. The number of nitrogens with zero attached hydrogens (tertiary/aromatic N) is 2. The first-order chi connectivity index (χ1) is 10.9. The van der Waals surface area contributed by atoms with Crippen LogP contribution in [0.3, 0.4) is 0 Å². The smallest absolute Gasteiger partial charge is 0.268 e. The Hall–Kier alpha value is -3.52. The van der Waals surface area contributed by atoms with Gasteiger partial charge in [0, 0.05) is 11.1 Å². The first-order valence-corrected chi connectivity index (χ1v) is 6.61. The quantitative estimate of drug-likeness (QED) is 0.276. The number of rotatable bonds is 5. The Morgan fingerprint density at radius 2 is 1.83 bits per heavy atom. The van der Waals surface area contributed by atoms with E-state index >= 15 is 0 Å². The van der Waals surface area contributed by atoms with Crippen LogP contribution >= 0.6 is 0 Å². The summed E-state index contributed by atoms with van der Waals surface area (Å²) >= 11 is 0. The summed E-state index contributed by atoms with van der Waals surface area (Å²) in [6.07, 6.45) is 2.48. The van der Waals surface area contributed by atoms with Crippen LogP contribution in [0.4, 0.5) is 0 Å². The zero-order chi connectivity index (χ0) is 17.0. The van der Waals surface area contributed by atoms with E-state index in [0.717, 1.165) is 10.8 Å². The van der Waals surface area contributed by atoms with Gasteiger partial charge in [0.2, 0.25) is 0 Å². The second-order valence-corrected chi connectivity index (χ2v) is 4.82. The zero-order valence-electron chi connectivity index (χ0n) is 12.2. The molecule has 0 aromatic heterocycles. The van der Waals surface area contributed by atoms with Gasteiger partial charge in [-0.1, -0.05) is 24.8 Å². The molecule has 2 rings (SSSR count). The number of ketones is 1. The lowest BCUT2D eigenvalue weighted by atomic mass is 10.0. The largest absolute Gasteiger partial charge is 0.289 e. The molecule has 0 fully saturated rings. The SMILES string of the molecule is C=C(/C=C/C(=O)c1ccc2ccc(C#N)cc2c1)C(=C)[N+](=O)[O-]. The molecule has 0 N–H and O–H groups in total. The average molecular weight is 304 g/mol. The Morgan fingerprint density at radius 1 is 1.13 bits per heavy atom. The molecule has 0 aliphatic carbocycles. The molecule has 0 amide bonds. The summed E-state index contributed by atoms with van der Waals surface area (Å²) in [4.78, 5) is 22.1. The number of allylic oxidation sites excluding steroid dienone is 2. The number of nitriles is 1. The van der Waals surface area contributed by atoms with Crippen molar-refractivity contribution in [1.29, 1.82) is 5.26 Å². The van der Waals surface area contributed by atoms with E-state index in [0.29, 0.717) is 11.1 Å². The third-order valence-electron chi connectivity index (χ3n) is 3.28. The molecule has 2 aromatic rings. The molecule has 23 heavy (non-hydrogen) atoms. The zero-order valence-corrected chi connectivity index (χ0v) is 12.2. The first-order valence-electron chi connectivity index (χ1n) is 6.61. The molecule has 0 aliphatic heterocycles. The van der Waals surface area contributed by atoms with Gasteiger partial charge < -0.3 is 0 Å². The van der Waals surface area contributed by atoms with Crippen LogP contribution in [-0.4, -0.2) is 10.7 Å². The van der Waals surface area contributed by atoms with Crippen LogP contribution in [0, 0.1) is 21.4 Å². The Balaban J connectivity index is 2.28. The minimum atomic E-state index is -0.656. The molecule has 0 spiro atoms. The minimum absolute atomic E-state index is 0.0657. The van der Waals surface area contributed by atoms with E-state index in [4.69, 9.17) is 5.26 Å². The Bertz CT molecular complexity index is 917. The maximum absolute atomic E-state index is 12.1. The first kappa shape index (κ1) is 15.9. The number of benzene rings is 2. The minimum Gasteiger partial charge on any atom is -0.289 e. The standard InChI is InChI=1S/C18H12N2O3/c1-12(13(2)20(22)23)3-8-18(21)16-7-6-15-5-4-14(11-19)9-17(15)10-16/h3-10H,1-2H2/b8-3+. The fourth-order valence-electron chi connectivity index (χ4n) is 1.96. The van der Waals surface area contributed by atoms with E-state index in [2.05, 4.69) is 13.2 Å². The van der Waals surface area contributed by atoms with E-state index in [1.54, 1.807) is 36.4 Å². The van der Waals surface area contributed by atoms with Crippen LogP contribution in [0.25, 0.3) is 10.8 Å². The highest BCUT2D eigenvalue weighted by Crippen LogP contribution is 2.18. The molecule has 0 saturated carbocycles. The normalized spacial score (nSPS) is 10.4. The van der Waals surface area contributed by atoms with Crippen LogP contribution < -0.4 is 0 Å². The van der Waals surface area contributed by atoms with Crippen LogP contribution in [0.5, 0.6) is 0 Å². The molecule has 0 heterocycles. The molecule has 112 valence electrons. The summed E-state index contributed by atoms with van der Waals surface area (Å²) < 4.78 is 0. The summed E-state index contributed by atoms with van der Waals surface area (Å²) in [5.41, 5.74) is 0.638. The summed E-state index contributed by atoms with van der Waals surface area (Å²) in [6, 6.07) is 12.4. The molecule has 5 nitrogen and oxygen atoms in total. The van der Waals surface area contributed by atoms with Crippen molar-refractivity contribution >= 4 is 16.6 Å². The molecule has 0 saturated heterocycles. The van der Waals surface area contributed by atoms with Crippen molar-refractivity contribution < 1.29 is 9.72 Å². The van der Waals surface area contributed by atoms with Gasteiger partial charge in [0.15, 0.2) is 5.78 Å². The van der Waals surface area contributed by atoms with Crippen LogP contribution in [0.1, 0.15) is 15.9 Å². The van der Waals surface area contributed by atoms with Gasteiger partial charge in [0.25, 0.3) is 5.70 Å². The van der Waals surface area contributed by atoms with Crippen molar-refractivity contribution in [3.8, 4) is 6.07 Å². The molecule has 0 aliphatic rings. The van der Waals surface area contributed by atoms with Crippen molar-refractivity contribution in [3.05, 3.63) is 94.2 Å². The second kappa shape index (κ2) is 6.50. The number of carbonyl (C=O) groups is 1. The Morgan fingerprint density at radius 3 is 2.48 bits per heavy atom. The number of fused-ring (bicyclic) bond motifs is 1. The van der Waals surface area contributed by atoms with Crippen LogP contribution in [0.2, 0.25) is 0 Å². The van der Waals surface area contributed by atoms with E-state index in [1.165, 1.54) is 12.2 Å². The van der Waals surface area contributed by atoms with Gasteiger partial charge >= 0.3 is 0 Å². The number of carbonyl (C=O) groups excluding carboxylic acids is 1. The molecule has 0 atom stereocenters. The lowest BCUT2D eigenvalue weighted by Gasteiger charge is -2.01. The van der Waals surface area contributed by atoms with E-state index in [1.807, 2.05) is 6.07 Å². The molecule has 0 radical (unpaired) electrons. The highest BCUT2D eigenvalue weighted by Gasteiger charge is 2.10. The fraction of sp³-hybridized carbons (Fsp3) is 0. The van der Waals surface area contributed by atoms with Crippen LogP contribution in [-0.2, 0) is 0 Å². The van der Waals surface area contributed by atoms with Gasteiger partial charge in [-0.05, 0) is 47.7 Å². The second-order valence-electron chi connectivity index (χ2n) is 4.82. The van der Waals surface area contributed by atoms with Gasteiger partial charge in [0.1, 0.15) is 0 Å². The van der Waals surface area contributed by atoms with Gasteiger partial charge in [-0.2, -0.15) is 5.26 Å².